The van der Waals surface area contributed by atoms with Crippen LogP contribution in [0, 0.1) is 0 Å². The van der Waals surface area contributed by atoms with E-state index in [0.29, 0.717) is 0 Å². The number of hydrogen-bond acceptors (Lipinski definition) is 2. The Labute approximate surface area is 162 Å². The highest BCUT2D eigenvalue weighted by molar-refractivity contribution is 14.1. The van der Waals surface area contributed by atoms with E-state index < -0.39 is 6.16 Å². The lowest BCUT2D eigenvalue weighted by Crippen LogP contribution is -2.18. The highest BCUT2D eigenvalue weighted by Crippen LogP contribution is 2.13. The maximum atomic E-state index is 10.5. The summed E-state index contributed by atoms with van der Waals surface area (Å²) in [5.74, 6) is 0. The van der Waals surface area contributed by atoms with Gasteiger partial charge in [-0.05, 0) is 38.5 Å². The molecule has 142 valence electrons. The third kappa shape index (κ3) is 18.1. The average molecular weight is 452 g/mol. The number of unbranched alkanes of at least 4 members (excludes halogenated alkanes) is 11. The summed E-state index contributed by atoms with van der Waals surface area (Å²) >= 11 is 2.19. The Hall–Kier alpha value is -0.260. The van der Waals surface area contributed by atoms with Crippen molar-refractivity contribution in [1.82, 2.24) is 0 Å². The topological polar surface area (TPSA) is 46.5 Å². The molecule has 1 unspecified atom stereocenters. The Balaban J connectivity index is 3.27. The second-order valence-corrected chi connectivity index (χ2v) is 7.41. The van der Waals surface area contributed by atoms with Crippen LogP contribution in [0.25, 0.3) is 0 Å². The number of hydrogen-bond donors (Lipinski definition) is 1. The molecule has 1 N–H and O–H groups in total. The minimum absolute atomic E-state index is 0.131. The maximum absolute atomic E-state index is 10.5. The normalized spacial score (nSPS) is 12.6. The van der Waals surface area contributed by atoms with Crippen LogP contribution in [0.4, 0.5) is 4.79 Å². The first kappa shape index (κ1) is 23.7. The van der Waals surface area contributed by atoms with E-state index in [1.807, 2.05) is 0 Å². The number of carbonyl (C=O) groups is 1. The molecule has 4 heteroatoms. The molecular weight excluding hydrogens is 415 g/mol. The number of carboxylic acid groups (broad SMARTS) is 1. The van der Waals surface area contributed by atoms with Gasteiger partial charge in [0.05, 0.1) is 0 Å². The van der Waals surface area contributed by atoms with Crippen molar-refractivity contribution in [3.8, 4) is 0 Å². The fourth-order valence-electron chi connectivity index (χ4n) is 2.75. The molecule has 0 amide bonds. The first-order chi connectivity index (χ1) is 11.7. The third-order valence-corrected chi connectivity index (χ3v) is 5.21. The van der Waals surface area contributed by atoms with Crippen molar-refractivity contribution in [2.45, 2.75) is 103 Å². The van der Waals surface area contributed by atoms with Crippen molar-refractivity contribution in [3.05, 3.63) is 12.2 Å². The van der Waals surface area contributed by atoms with Gasteiger partial charge in [-0.3, -0.25) is 0 Å². The number of rotatable bonds is 17. The highest BCUT2D eigenvalue weighted by atomic mass is 127. The second-order valence-electron chi connectivity index (χ2n) is 6.53. The minimum atomic E-state index is -1.15. The molecule has 0 heterocycles. The molecule has 0 aromatic heterocycles. The molecule has 0 saturated carbocycles. The van der Waals surface area contributed by atoms with Crippen molar-refractivity contribution in [3.63, 3.8) is 0 Å². The van der Waals surface area contributed by atoms with Crippen LogP contribution in [0.3, 0.4) is 0 Å². The average Bonchev–Trinajstić information content (AvgIpc) is 2.56. The van der Waals surface area contributed by atoms with Gasteiger partial charge >= 0.3 is 6.16 Å². The first-order valence-electron chi connectivity index (χ1n) is 9.81. The fourth-order valence-corrected chi connectivity index (χ4v) is 3.37. The lowest BCUT2D eigenvalue weighted by Gasteiger charge is -2.12. The Morgan fingerprint density at radius 1 is 0.917 bits per heavy atom. The molecule has 0 saturated heterocycles. The summed E-state index contributed by atoms with van der Waals surface area (Å²) in [5, 5.41) is 8.61. The molecule has 0 fully saturated rings. The molecule has 0 aliphatic rings. The smallest absolute Gasteiger partial charge is 0.450 e. The van der Waals surface area contributed by atoms with Gasteiger partial charge in [0.2, 0.25) is 0 Å². The van der Waals surface area contributed by atoms with Gasteiger partial charge in [0.15, 0.2) is 0 Å². The predicted octanol–water partition coefficient (Wildman–Crippen LogP) is 7.52. The quantitative estimate of drug-likeness (QED) is 0.0816. The van der Waals surface area contributed by atoms with E-state index in [1.165, 1.54) is 77.0 Å². The Morgan fingerprint density at radius 2 is 1.42 bits per heavy atom. The van der Waals surface area contributed by atoms with E-state index >= 15 is 0 Å². The Bertz CT molecular complexity index is 305. The van der Waals surface area contributed by atoms with Crippen molar-refractivity contribution in [2.24, 2.45) is 0 Å². The molecule has 0 aliphatic heterocycles. The van der Waals surface area contributed by atoms with Crippen LogP contribution in [0.1, 0.15) is 96.8 Å². The van der Waals surface area contributed by atoms with Gasteiger partial charge in [0, 0.05) is 4.43 Å². The van der Waals surface area contributed by atoms with Crippen molar-refractivity contribution >= 4 is 28.7 Å². The Morgan fingerprint density at radius 3 is 1.92 bits per heavy atom. The van der Waals surface area contributed by atoms with E-state index in [4.69, 9.17) is 9.84 Å². The lowest BCUT2D eigenvalue weighted by atomic mass is 10.1. The minimum Gasteiger partial charge on any atom is -0.450 e. The molecule has 0 aromatic carbocycles. The summed E-state index contributed by atoms with van der Waals surface area (Å²) in [7, 11) is 0. The van der Waals surface area contributed by atoms with Gasteiger partial charge in [0.25, 0.3) is 0 Å². The van der Waals surface area contributed by atoms with Gasteiger partial charge < -0.3 is 9.84 Å². The molecule has 1 atom stereocenters. The van der Waals surface area contributed by atoms with Crippen molar-refractivity contribution < 1.29 is 14.6 Å². The summed E-state index contributed by atoms with van der Waals surface area (Å²) in [6.07, 6.45) is 21.0. The summed E-state index contributed by atoms with van der Waals surface area (Å²) in [4.78, 5) is 10.5. The molecule has 0 spiro atoms. The zero-order valence-corrected chi connectivity index (χ0v) is 17.6. The van der Waals surface area contributed by atoms with E-state index in [2.05, 4.69) is 41.7 Å². The number of alkyl halides is 1. The predicted molar refractivity (Wildman–Crippen MR) is 111 cm³/mol. The van der Waals surface area contributed by atoms with Gasteiger partial charge in [-0.1, -0.05) is 93.0 Å². The molecular formula is C20H37IO3. The standard InChI is InChI=1S/C20H37IO3/c1-2-3-4-5-6-7-8-9-10-11-12-13-14-15-16-17-19(18-21)24-20(22)23/h9-10,19H,2-8,11-18H2,1H3,(H,22,23)/b10-9+. The van der Waals surface area contributed by atoms with Crippen LogP contribution in [0.5, 0.6) is 0 Å². The summed E-state index contributed by atoms with van der Waals surface area (Å²) < 4.78 is 5.56. The molecule has 0 aliphatic carbocycles. The van der Waals surface area contributed by atoms with Crippen LogP contribution in [-0.2, 0) is 4.74 Å². The second kappa shape index (κ2) is 19.1. The molecule has 0 bridgehead atoms. The van der Waals surface area contributed by atoms with E-state index in [-0.39, 0.29) is 6.10 Å². The van der Waals surface area contributed by atoms with Crippen LogP contribution in [0.15, 0.2) is 12.2 Å². The summed E-state index contributed by atoms with van der Waals surface area (Å²) in [5.41, 5.74) is 0. The summed E-state index contributed by atoms with van der Waals surface area (Å²) in [6, 6.07) is 0. The van der Waals surface area contributed by atoms with Crippen LogP contribution in [0.2, 0.25) is 0 Å². The van der Waals surface area contributed by atoms with Gasteiger partial charge in [0.1, 0.15) is 6.10 Å². The van der Waals surface area contributed by atoms with Crippen molar-refractivity contribution in [1.29, 1.82) is 0 Å². The van der Waals surface area contributed by atoms with Gasteiger partial charge in [-0.2, -0.15) is 0 Å². The van der Waals surface area contributed by atoms with Crippen LogP contribution >= 0.6 is 22.6 Å². The fraction of sp³-hybridized carbons (Fsp3) is 0.850. The third-order valence-electron chi connectivity index (χ3n) is 4.23. The number of allylic oxidation sites excluding steroid dienone is 2. The largest absolute Gasteiger partial charge is 0.506 e. The maximum Gasteiger partial charge on any atom is 0.506 e. The van der Waals surface area contributed by atoms with E-state index in [1.54, 1.807) is 0 Å². The first-order valence-corrected chi connectivity index (χ1v) is 11.3. The zero-order valence-electron chi connectivity index (χ0n) is 15.5. The molecule has 3 nitrogen and oxygen atoms in total. The number of ether oxygens (including phenoxy) is 1. The lowest BCUT2D eigenvalue weighted by molar-refractivity contribution is 0.0577. The Kier molecular flexibility index (Phi) is 18.9. The monoisotopic (exact) mass is 452 g/mol. The van der Waals surface area contributed by atoms with Crippen molar-refractivity contribution in [2.75, 3.05) is 4.43 Å². The molecule has 24 heavy (non-hydrogen) atoms. The molecule has 0 aromatic rings. The molecule has 0 rings (SSSR count). The molecule has 0 radical (unpaired) electrons. The van der Waals surface area contributed by atoms with Gasteiger partial charge in [-0.25, -0.2) is 4.79 Å². The summed E-state index contributed by atoms with van der Waals surface area (Å²) in [6.45, 7) is 2.26. The zero-order chi connectivity index (χ0) is 17.9. The number of halogens is 1. The van der Waals surface area contributed by atoms with E-state index in [9.17, 15) is 4.79 Å². The highest BCUT2D eigenvalue weighted by Gasteiger charge is 2.11. The van der Waals surface area contributed by atoms with Crippen LogP contribution < -0.4 is 0 Å². The SMILES string of the molecule is CCCCCCCC/C=C/CCCCCCCC(CI)OC(=O)O. The van der Waals surface area contributed by atoms with Crippen LogP contribution in [-0.4, -0.2) is 21.8 Å². The van der Waals surface area contributed by atoms with Gasteiger partial charge in [-0.15, -0.1) is 0 Å². The van der Waals surface area contributed by atoms with E-state index in [0.717, 1.165) is 17.3 Å².